The fourth-order valence-electron chi connectivity index (χ4n) is 2.11. The summed E-state index contributed by atoms with van der Waals surface area (Å²) in [5, 5.41) is 10.4. The highest BCUT2D eigenvalue weighted by molar-refractivity contribution is 5.81. The van der Waals surface area contributed by atoms with Crippen LogP contribution in [-0.4, -0.2) is 17.2 Å². The van der Waals surface area contributed by atoms with Gasteiger partial charge >= 0.3 is 0 Å². The maximum Gasteiger partial charge on any atom is 0.128 e. The maximum atomic E-state index is 9.45. The van der Waals surface area contributed by atoms with Crippen molar-refractivity contribution in [3.05, 3.63) is 54.2 Å². The van der Waals surface area contributed by atoms with Gasteiger partial charge in [0.1, 0.15) is 23.9 Å². The molecule has 20 heavy (non-hydrogen) atoms. The first-order valence-electron chi connectivity index (χ1n) is 6.32. The van der Waals surface area contributed by atoms with Crippen LogP contribution in [0.3, 0.4) is 0 Å². The number of nitrogens with one attached hydrogen (secondary N) is 1. The van der Waals surface area contributed by atoms with Crippen molar-refractivity contribution in [1.29, 1.82) is 0 Å². The molecule has 0 aliphatic carbocycles. The van der Waals surface area contributed by atoms with Gasteiger partial charge in [-0.2, -0.15) is 0 Å². The number of aromatic nitrogens is 1. The minimum atomic E-state index is 0.261. The summed E-state index contributed by atoms with van der Waals surface area (Å²) in [7, 11) is 1.63. The van der Waals surface area contributed by atoms with Crippen molar-refractivity contribution < 1.29 is 14.6 Å². The van der Waals surface area contributed by atoms with E-state index in [1.54, 1.807) is 19.2 Å². The van der Waals surface area contributed by atoms with Crippen LogP contribution in [0.1, 0.15) is 5.69 Å². The summed E-state index contributed by atoms with van der Waals surface area (Å²) in [5.74, 6) is 1.78. The second-order valence-corrected chi connectivity index (χ2v) is 4.53. The van der Waals surface area contributed by atoms with Gasteiger partial charge in [-0.3, -0.25) is 0 Å². The van der Waals surface area contributed by atoms with Crippen molar-refractivity contribution in [3.63, 3.8) is 0 Å². The zero-order valence-electron chi connectivity index (χ0n) is 11.1. The smallest absolute Gasteiger partial charge is 0.128 e. The second kappa shape index (κ2) is 5.17. The zero-order chi connectivity index (χ0) is 13.9. The number of hydrogen-bond donors (Lipinski definition) is 2. The largest absolute Gasteiger partial charge is 0.508 e. The average Bonchev–Trinajstić information content (AvgIpc) is 2.87. The summed E-state index contributed by atoms with van der Waals surface area (Å²) in [4.78, 5) is 3.25. The molecule has 4 heteroatoms. The van der Waals surface area contributed by atoms with Crippen LogP contribution in [0.15, 0.2) is 48.5 Å². The van der Waals surface area contributed by atoms with Gasteiger partial charge in [0.05, 0.1) is 12.8 Å². The first-order chi connectivity index (χ1) is 9.74. The van der Waals surface area contributed by atoms with E-state index in [1.165, 1.54) is 0 Å². The standard InChI is InChI=1S/C16H15NO3/c1-19-14-3-2-4-15(9-14)20-10-12-7-11-8-13(18)5-6-16(11)17-12/h2-9,17-18H,10H2,1H3. The molecular weight excluding hydrogens is 254 g/mol. The van der Waals surface area contributed by atoms with Crippen LogP contribution in [0.4, 0.5) is 0 Å². The molecular formula is C16H15NO3. The number of methoxy groups -OCH3 is 1. The summed E-state index contributed by atoms with van der Waals surface area (Å²) in [6, 6.07) is 14.7. The van der Waals surface area contributed by atoms with Gasteiger partial charge < -0.3 is 19.6 Å². The van der Waals surface area contributed by atoms with E-state index in [-0.39, 0.29) is 5.75 Å². The molecule has 0 aliphatic heterocycles. The summed E-state index contributed by atoms with van der Waals surface area (Å²) in [5.41, 5.74) is 1.93. The van der Waals surface area contributed by atoms with E-state index in [2.05, 4.69) is 4.98 Å². The lowest BCUT2D eigenvalue weighted by atomic mass is 10.2. The molecule has 0 bridgehead atoms. The molecule has 0 saturated carbocycles. The number of ether oxygens (including phenoxy) is 2. The first kappa shape index (κ1) is 12.4. The molecule has 4 nitrogen and oxygen atoms in total. The molecule has 2 aromatic carbocycles. The van der Waals surface area contributed by atoms with Crippen LogP contribution >= 0.6 is 0 Å². The summed E-state index contributed by atoms with van der Waals surface area (Å²) in [6.45, 7) is 0.433. The summed E-state index contributed by atoms with van der Waals surface area (Å²) >= 11 is 0. The molecule has 2 N–H and O–H groups in total. The van der Waals surface area contributed by atoms with Gasteiger partial charge in [-0.1, -0.05) is 6.07 Å². The van der Waals surface area contributed by atoms with Crippen molar-refractivity contribution in [2.24, 2.45) is 0 Å². The first-order valence-corrected chi connectivity index (χ1v) is 6.32. The van der Waals surface area contributed by atoms with E-state index < -0.39 is 0 Å². The Morgan fingerprint density at radius 1 is 1.05 bits per heavy atom. The van der Waals surface area contributed by atoms with Crippen LogP contribution in [0.2, 0.25) is 0 Å². The molecule has 3 aromatic rings. The van der Waals surface area contributed by atoms with Gasteiger partial charge in [0.15, 0.2) is 0 Å². The van der Waals surface area contributed by atoms with Crippen molar-refractivity contribution >= 4 is 10.9 Å². The number of fused-ring (bicyclic) bond motifs is 1. The second-order valence-electron chi connectivity index (χ2n) is 4.53. The van der Waals surface area contributed by atoms with Crippen molar-refractivity contribution in [2.75, 3.05) is 7.11 Å². The normalized spacial score (nSPS) is 10.7. The number of phenols is 1. The van der Waals surface area contributed by atoms with E-state index >= 15 is 0 Å². The number of phenolic OH excluding ortho intramolecular Hbond substituents is 1. The monoisotopic (exact) mass is 269 g/mol. The fourth-order valence-corrected chi connectivity index (χ4v) is 2.11. The Kier molecular flexibility index (Phi) is 3.21. The number of aromatic hydroxyl groups is 1. The van der Waals surface area contributed by atoms with E-state index in [0.29, 0.717) is 6.61 Å². The molecule has 0 amide bonds. The van der Waals surface area contributed by atoms with E-state index in [0.717, 1.165) is 28.1 Å². The molecule has 1 heterocycles. The minimum Gasteiger partial charge on any atom is -0.508 e. The molecule has 0 fully saturated rings. The highest BCUT2D eigenvalue weighted by atomic mass is 16.5. The summed E-state index contributed by atoms with van der Waals surface area (Å²) < 4.78 is 10.9. The van der Waals surface area contributed by atoms with Gasteiger partial charge in [0, 0.05) is 17.0 Å². The quantitative estimate of drug-likeness (QED) is 0.762. The van der Waals surface area contributed by atoms with Crippen molar-refractivity contribution in [3.8, 4) is 17.2 Å². The molecule has 0 atom stereocenters. The third-order valence-corrected chi connectivity index (χ3v) is 3.10. The number of rotatable bonds is 4. The Morgan fingerprint density at radius 2 is 1.90 bits per heavy atom. The van der Waals surface area contributed by atoms with E-state index in [1.807, 2.05) is 36.4 Å². The topological polar surface area (TPSA) is 54.5 Å². The van der Waals surface area contributed by atoms with Crippen LogP contribution in [0.25, 0.3) is 10.9 Å². The molecule has 0 saturated heterocycles. The third kappa shape index (κ3) is 2.54. The Balaban J connectivity index is 1.76. The maximum absolute atomic E-state index is 9.45. The fraction of sp³-hybridized carbons (Fsp3) is 0.125. The molecule has 0 radical (unpaired) electrons. The van der Waals surface area contributed by atoms with Gasteiger partial charge in [0.2, 0.25) is 0 Å². The number of aromatic amines is 1. The SMILES string of the molecule is COc1cccc(OCc2cc3cc(O)ccc3[nH]2)c1. The third-order valence-electron chi connectivity index (χ3n) is 3.10. The Hall–Kier alpha value is -2.62. The molecule has 3 rings (SSSR count). The van der Waals surface area contributed by atoms with E-state index in [9.17, 15) is 5.11 Å². The lowest BCUT2D eigenvalue weighted by Crippen LogP contribution is -1.95. The average molecular weight is 269 g/mol. The summed E-state index contributed by atoms with van der Waals surface area (Å²) in [6.07, 6.45) is 0. The Bertz CT molecular complexity index is 733. The van der Waals surface area contributed by atoms with Gasteiger partial charge in [-0.05, 0) is 36.4 Å². The highest BCUT2D eigenvalue weighted by Gasteiger charge is 2.03. The van der Waals surface area contributed by atoms with Crippen molar-refractivity contribution in [2.45, 2.75) is 6.61 Å². The molecule has 102 valence electrons. The predicted octanol–water partition coefficient (Wildman–Crippen LogP) is 3.46. The Morgan fingerprint density at radius 3 is 2.75 bits per heavy atom. The molecule has 0 unspecified atom stereocenters. The highest BCUT2D eigenvalue weighted by Crippen LogP contribution is 2.23. The van der Waals surface area contributed by atoms with Crippen LogP contribution in [-0.2, 0) is 6.61 Å². The number of benzene rings is 2. The van der Waals surface area contributed by atoms with Crippen LogP contribution in [0.5, 0.6) is 17.2 Å². The molecule has 1 aromatic heterocycles. The van der Waals surface area contributed by atoms with Gasteiger partial charge in [-0.15, -0.1) is 0 Å². The number of hydrogen-bond acceptors (Lipinski definition) is 3. The minimum absolute atomic E-state index is 0.261. The lowest BCUT2D eigenvalue weighted by molar-refractivity contribution is 0.300. The lowest BCUT2D eigenvalue weighted by Gasteiger charge is -2.06. The zero-order valence-corrected chi connectivity index (χ0v) is 11.1. The van der Waals surface area contributed by atoms with Crippen LogP contribution < -0.4 is 9.47 Å². The molecule has 0 spiro atoms. The van der Waals surface area contributed by atoms with Gasteiger partial charge in [-0.25, -0.2) is 0 Å². The predicted molar refractivity (Wildman–Crippen MR) is 77.3 cm³/mol. The van der Waals surface area contributed by atoms with E-state index in [4.69, 9.17) is 9.47 Å². The Labute approximate surface area is 116 Å². The van der Waals surface area contributed by atoms with Crippen molar-refractivity contribution in [1.82, 2.24) is 4.98 Å². The molecule has 0 aliphatic rings. The van der Waals surface area contributed by atoms with Crippen LogP contribution in [0, 0.1) is 0 Å². The number of H-pyrrole nitrogens is 1. The van der Waals surface area contributed by atoms with Gasteiger partial charge in [0.25, 0.3) is 0 Å².